The van der Waals surface area contributed by atoms with Crippen LogP contribution in [0.1, 0.15) is 22.3 Å². The number of rotatable bonds is 4. The fourth-order valence-corrected chi connectivity index (χ4v) is 13.5. The molecule has 14 aromatic rings. The zero-order chi connectivity index (χ0) is 46.4. The average Bonchev–Trinajstić information content (AvgIpc) is 4.15. The van der Waals surface area contributed by atoms with Crippen molar-refractivity contribution < 1.29 is 0 Å². The summed E-state index contributed by atoms with van der Waals surface area (Å²) in [5.41, 5.74) is 16.1. The Morgan fingerprint density at radius 1 is 0.338 bits per heavy atom. The van der Waals surface area contributed by atoms with E-state index in [1.807, 2.05) is 24.2 Å². The number of hydrogen-bond donors (Lipinski definition) is 0. The van der Waals surface area contributed by atoms with E-state index in [0.29, 0.717) is 0 Å². The van der Waals surface area contributed by atoms with Crippen molar-refractivity contribution in [3.63, 3.8) is 0 Å². The molecule has 0 amide bonds. The zero-order valence-corrected chi connectivity index (χ0v) is 38.8. The van der Waals surface area contributed by atoms with Gasteiger partial charge in [-0.2, -0.15) is 0 Å². The molecule has 330 valence electrons. The highest BCUT2D eigenvalue weighted by atomic mass is 32.2. The second-order valence-electron chi connectivity index (χ2n) is 18.7. The van der Waals surface area contributed by atoms with Crippen molar-refractivity contribution in [3.05, 3.63) is 253 Å². The molecule has 0 N–H and O–H groups in total. The summed E-state index contributed by atoms with van der Waals surface area (Å²) in [5.74, 6) is 1.74. The minimum absolute atomic E-state index is 0.679. The third-order valence-electron chi connectivity index (χ3n) is 15.2. The summed E-state index contributed by atoms with van der Waals surface area (Å²) in [4.78, 5) is 18.4. The molecule has 1 aliphatic heterocycles. The molecule has 2 aliphatic rings. The first-order chi connectivity index (χ1) is 35.2. The second-order valence-corrected chi connectivity index (χ2v) is 19.8. The van der Waals surface area contributed by atoms with Crippen LogP contribution >= 0.6 is 11.8 Å². The van der Waals surface area contributed by atoms with Crippen LogP contribution in [0.15, 0.2) is 241 Å². The molecule has 71 heavy (non-hydrogen) atoms. The summed E-state index contributed by atoms with van der Waals surface area (Å²) < 4.78 is 7.03. The van der Waals surface area contributed by atoms with Crippen LogP contribution in [0.25, 0.3) is 105 Å². The van der Waals surface area contributed by atoms with E-state index in [1.54, 1.807) is 0 Å². The molecular formula is C64H38N6S. The van der Waals surface area contributed by atoms with E-state index in [2.05, 4.69) is 232 Å². The van der Waals surface area contributed by atoms with Gasteiger partial charge in [0.05, 0.1) is 49.9 Å². The molecule has 0 saturated carbocycles. The van der Waals surface area contributed by atoms with E-state index < -0.39 is 5.41 Å². The third-order valence-corrected chi connectivity index (χ3v) is 16.4. The summed E-state index contributed by atoms with van der Waals surface area (Å²) in [6.07, 6.45) is 3.96. The highest BCUT2D eigenvalue weighted by Crippen LogP contribution is 2.62. The van der Waals surface area contributed by atoms with Crippen LogP contribution < -0.4 is 0 Å². The number of aromatic nitrogens is 6. The summed E-state index contributed by atoms with van der Waals surface area (Å²) in [5, 5.41) is 7.24. The molecule has 1 spiro atoms. The molecule has 0 bridgehead atoms. The van der Waals surface area contributed by atoms with Gasteiger partial charge in [0.15, 0.2) is 0 Å². The van der Waals surface area contributed by atoms with Crippen LogP contribution in [0.2, 0.25) is 0 Å². The van der Waals surface area contributed by atoms with Crippen LogP contribution in [0.5, 0.6) is 0 Å². The van der Waals surface area contributed by atoms with Crippen molar-refractivity contribution in [3.8, 4) is 39.8 Å². The highest BCUT2D eigenvalue weighted by molar-refractivity contribution is 7.99. The summed E-state index contributed by atoms with van der Waals surface area (Å²) in [6, 6.07) is 79.4. The maximum atomic E-state index is 5.44. The van der Waals surface area contributed by atoms with Gasteiger partial charge in [-0.25, -0.2) is 4.98 Å². The highest BCUT2D eigenvalue weighted by Gasteiger charge is 2.52. The van der Waals surface area contributed by atoms with Crippen LogP contribution in [0, 0.1) is 0 Å². The van der Waals surface area contributed by atoms with Gasteiger partial charge in [0.2, 0.25) is 0 Å². The maximum Gasteiger partial charge on any atom is 0.140 e. The minimum Gasteiger partial charge on any atom is -0.309 e. The van der Waals surface area contributed by atoms with Crippen molar-refractivity contribution in [2.45, 2.75) is 15.2 Å². The number of fused-ring (bicyclic) bond motifs is 18. The first-order valence-corrected chi connectivity index (χ1v) is 24.9. The second kappa shape index (κ2) is 14.5. The van der Waals surface area contributed by atoms with Gasteiger partial charge < -0.3 is 4.57 Å². The van der Waals surface area contributed by atoms with Gasteiger partial charge in [-0.05, 0) is 113 Å². The lowest BCUT2D eigenvalue weighted by Crippen LogP contribution is -2.32. The van der Waals surface area contributed by atoms with Gasteiger partial charge in [0, 0.05) is 71.3 Å². The number of para-hydroxylation sites is 5. The van der Waals surface area contributed by atoms with Crippen LogP contribution in [0.3, 0.4) is 0 Å². The molecule has 0 saturated heterocycles. The fourth-order valence-electron chi connectivity index (χ4n) is 12.3. The molecule has 0 radical (unpaired) electrons. The van der Waals surface area contributed by atoms with Crippen LogP contribution in [-0.2, 0) is 5.41 Å². The molecular weight excluding hydrogens is 885 g/mol. The van der Waals surface area contributed by atoms with Crippen molar-refractivity contribution in [1.82, 2.24) is 28.7 Å². The largest absolute Gasteiger partial charge is 0.309 e. The smallest absolute Gasteiger partial charge is 0.140 e. The Morgan fingerprint density at radius 3 is 1.51 bits per heavy atom. The molecule has 7 heterocycles. The van der Waals surface area contributed by atoms with Crippen molar-refractivity contribution >= 4 is 77.2 Å². The molecule has 1 aliphatic carbocycles. The Hall–Kier alpha value is -9.04. The Labute approximate surface area is 411 Å². The topological polar surface area (TPSA) is 53.5 Å². The summed E-state index contributed by atoms with van der Waals surface area (Å²) in [6.45, 7) is 0. The Balaban J connectivity index is 0.894. The maximum absolute atomic E-state index is 5.44. The normalized spacial score (nSPS) is 14.8. The van der Waals surface area contributed by atoms with Crippen LogP contribution in [-0.4, -0.2) is 28.7 Å². The molecule has 7 heteroatoms. The Bertz CT molecular complexity index is 4490. The summed E-state index contributed by atoms with van der Waals surface area (Å²) in [7, 11) is 0. The molecule has 1 atom stereocenters. The zero-order valence-electron chi connectivity index (χ0n) is 38.0. The fraction of sp³-hybridized carbons (Fsp3) is 0.0156. The van der Waals surface area contributed by atoms with E-state index in [-0.39, 0.29) is 0 Å². The SMILES string of the molecule is c1cc(-n2c3ccccc3c3ccccc32)nc(-n2c3ccccc3c3cc(-c4cnc5c(c4)C4(c6ccccc6Sc6ccc(-n7c8ccccc8c8ccccc87)cc64)c4cccnc4-5)ccc32)c1. The van der Waals surface area contributed by atoms with E-state index in [0.717, 1.165) is 78.4 Å². The van der Waals surface area contributed by atoms with Crippen molar-refractivity contribution in [2.24, 2.45) is 0 Å². The van der Waals surface area contributed by atoms with Crippen molar-refractivity contribution in [1.29, 1.82) is 0 Å². The first-order valence-electron chi connectivity index (χ1n) is 24.1. The number of nitrogens with zero attached hydrogens (tertiary/aromatic N) is 6. The molecule has 6 aromatic heterocycles. The average molecular weight is 923 g/mol. The van der Waals surface area contributed by atoms with E-state index >= 15 is 0 Å². The van der Waals surface area contributed by atoms with Crippen LogP contribution in [0.4, 0.5) is 0 Å². The van der Waals surface area contributed by atoms with E-state index in [1.165, 1.54) is 58.9 Å². The Kier molecular flexibility index (Phi) is 7.94. The monoisotopic (exact) mass is 922 g/mol. The molecule has 16 rings (SSSR count). The number of benzene rings is 8. The standard InChI is InChI=1S/C64H38N6S/c1-7-22-52-42(15-1)43-16-2-8-23-53(43)68(52)41-31-33-59-50(37-41)64(48-20-6-12-27-58(48)71-59)49-21-14-34-65-62(49)63-51(64)36-40(38-66-63)39-30-32-57-47(35-39)46-19-5-11-26-56(46)70(57)61-29-13-28-60(67-61)69-54-24-9-3-17-44(54)45-18-4-10-25-55(45)69/h1-38H. The molecule has 0 fully saturated rings. The van der Waals surface area contributed by atoms with Gasteiger partial charge in [-0.15, -0.1) is 0 Å². The predicted molar refractivity (Wildman–Crippen MR) is 290 cm³/mol. The van der Waals surface area contributed by atoms with Gasteiger partial charge in [0.25, 0.3) is 0 Å². The molecule has 8 aromatic carbocycles. The molecule has 6 nitrogen and oxygen atoms in total. The third kappa shape index (κ3) is 5.25. The quantitative estimate of drug-likeness (QED) is 0.176. The summed E-state index contributed by atoms with van der Waals surface area (Å²) >= 11 is 1.85. The lowest BCUT2D eigenvalue weighted by molar-refractivity contribution is 0.718. The van der Waals surface area contributed by atoms with Crippen molar-refractivity contribution in [2.75, 3.05) is 0 Å². The van der Waals surface area contributed by atoms with Gasteiger partial charge in [-0.1, -0.05) is 139 Å². The Morgan fingerprint density at radius 2 is 0.859 bits per heavy atom. The van der Waals surface area contributed by atoms with Gasteiger partial charge in [-0.3, -0.25) is 19.1 Å². The van der Waals surface area contributed by atoms with E-state index in [4.69, 9.17) is 15.0 Å². The lowest BCUT2D eigenvalue weighted by Gasteiger charge is -2.39. The number of hydrogen-bond acceptors (Lipinski definition) is 4. The lowest BCUT2D eigenvalue weighted by atomic mass is 9.67. The molecule has 1 unspecified atom stereocenters. The predicted octanol–water partition coefficient (Wildman–Crippen LogP) is 15.7. The van der Waals surface area contributed by atoms with Gasteiger partial charge >= 0.3 is 0 Å². The van der Waals surface area contributed by atoms with E-state index in [9.17, 15) is 0 Å². The minimum atomic E-state index is -0.679. The number of pyridine rings is 3. The van der Waals surface area contributed by atoms with Gasteiger partial charge in [0.1, 0.15) is 11.6 Å². The first kappa shape index (κ1) is 38.9.